The number of nitrogens with one attached hydrogen (secondary N) is 2. The summed E-state index contributed by atoms with van der Waals surface area (Å²) in [5.41, 5.74) is 3.63. The van der Waals surface area contributed by atoms with Crippen LogP contribution in [0.2, 0.25) is 0 Å². The third kappa shape index (κ3) is 4.25. The number of carbonyl (C=O) groups excluding carboxylic acids is 2. The molecular weight excluding hydrogens is 326 g/mol. The first-order chi connectivity index (χ1) is 12.5. The predicted molar refractivity (Wildman–Crippen MR) is 103 cm³/mol. The molecule has 26 heavy (non-hydrogen) atoms. The monoisotopic (exact) mass is 347 g/mol. The van der Waals surface area contributed by atoms with E-state index in [2.05, 4.69) is 21.7 Å². The summed E-state index contributed by atoms with van der Waals surface area (Å²) in [6, 6.07) is 17.5. The fourth-order valence-corrected chi connectivity index (χ4v) is 2.75. The van der Waals surface area contributed by atoms with Gasteiger partial charge in [0.15, 0.2) is 0 Å². The number of pyridine rings is 1. The van der Waals surface area contributed by atoms with Gasteiger partial charge >= 0.3 is 11.8 Å². The van der Waals surface area contributed by atoms with Gasteiger partial charge < -0.3 is 10.6 Å². The number of nitrogens with zero attached hydrogens (tertiary/aromatic N) is 1. The number of fused-ring (bicyclic) bond motifs is 1. The van der Waals surface area contributed by atoms with Gasteiger partial charge in [-0.2, -0.15) is 0 Å². The highest BCUT2D eigenvalue weighted by atomic mass is 16.2. The Bertz CT molecular complexity index is 953. The van der Waals surface area contributed by atoms with Crippen molar-refractivity contribution in [2.24, 2.45) is 0 Å². The van der Waals surface area contributed by atoms with Crippen LogP contribution in [0.3, 0.4) is 0 Å². The first kappa shape index (κ1) is 17.6. The van der Waals surface area contributed by atoms with Crippen molar-refractivity contribution in [3.8, 4) is 0 Å². The molecule has 3 rings (SSSR count). The number of para-hydroxylation sites is 1. The Morgan fingerprint density at radius 2 is 1.85 bits per heavy atom. The third-order valence-electron chi connectivity index (χ3n) is 4.23. The van der Waals surface area contributed by atoms with Crippen LogP contribution in [0.25, 0.3) is 10.9 Å². The Kier molecular flexibility index (Phi) is 5.27. The standard InChI is InChI=1S/C21H21N3O2/c1-14-6-5-8-16(10-14)15(2)12-23-20(25)21(26)24-18-11-17-7-3-4-9-19(17)22-13-18/h3-11,13,15H,12H2,1-2H3,(H,23,25)(H,24,26). The molecule has 0 spiro atoms. The lowest BCUT2D eigenvalue weighted by molar-refractivity contribution is -0.136. The van der Waals surface area contributed by atoms with Gasteiger partial charge in [-0.15, -0.1) is 0 Å². The molecule has 1 heterocycles. The smallest absolute Gasteiger partial charge is 0.313 e. The maximum Gasteiger partial charge on any atom is 0.313 e. The molecule has 2 amide bonds. The lowest BCUT2D eigenvalue weighted by atomic mass is 9.99. The van der Waals surface area contributed by atoms with E-state index in [-0.39, 0.29) is 5.92 Å². The van der Waals surface area contributed by atoms with Crippen molar-refractivity contribution in [2.75, 3.05) is 11.9 Å². The number of aromatic nitrogens is 1. The van der Waals surface area contributed by atoms with Crippen LogP contribution in [0.4, 0.5) is 5.69 Å². The van der Waals surface area contributed by atoms with Gasteiger partial charge in [0, 0.05) is 11.9 Å². The summed E-state index contributed by atoms with van der Waals surface area (Å²) in [7, 11) is 0. The molecule has 1 aromatic heterocycles. The number of carbonyl (C=O) groups is 2. The zero-order valence-corrected chi connectivity index (χ0v) is 14.8. The molecule has 1 atom stereocenters. The molecule has 0 aliphatic rings. The number of benzene rings is 2. The molecule has 0 aliphatic heterocycles. The van der Waals surface area contributed by atoms with E-state index < -0.39 is 11.8 Å². The Morgan fingerprint density at radius 3 is 2.65 bits per heavy atom. The first-order valence-corrected chi connectivity index (χ1v) is 8.53. The minimum absolute atomic E-state index is 0.119. The Morgan fingerprint density at radius 1 is 1.04 bits per heavy atom. The molecule has 5 nitrogen and oxygen atoms in total. The van der Waals surface area contributed by atoms with Gasteiger partial charge in [0.2, 0.25) is 0 Å². The number of hydrogen-bond donors (Lipinski definition) is 2. The molecule has 0 saturated carbocycles. The van der Waals surface area contributed by atoms with Crippen molar-refractivity contribution in [1.29, 1.82) is 0 Å². The highest BCUT2D eigenvalue weighted by molar-refractivity contribution is 6.39. The molecule has 1 unspecified atom stereocenters. The Hall–Kier alpha value is -3.21. The Balaban J connectivity index is 1.58. The van der Waals surface area contributed by atoms with Crippen molar-refractivity contribution in [3.05, 3.63) is 71.9 Å². The number of aryl methyl sites for hydroxylation is 1. The van der Waals surface area contributed by atoms with Crippen LogP contribution in [0, 0.1) is 6.92 Å². The normalized spacial score (nSPS) is 11.8. The zero-order valence-electron chi connectivity index (χ0n) is 14.8. The minimum atomic E-state index is -0.696. The van der Waals surface area contributed by atoms with Gasteiger partial charge in [-0.05, 0) is 30.5 Å². The van der Waals surface area contributed by atoms with Gasteiger partial charge in [0.1, 0.15) is 0 Å². The molecular formula is C21H21N3O2. The van der Waals surface area contributed by atoms with Gasteiger partial charge in [-0.3, -0.25) is 14.6 Å². The number of hydrogen-bond acceptors (Lipinski definition) is 3. The highest BCUT2D eigenvalue weighted by Gasteiger charge is 2.15. The molecule has 0 fully saturated rings. The third-order valence-corrected chi connectivity index (χ3v) is 4.23. The van der Waals surface area contributed by atoms with Gasteiger partial charge in [0.05, 0.1) is 17.4 Å². The Labute approximate surface area is 152 Å². The molecule has 0 bridgehead atoms. The fraction of sp³-hybridized carbons (Fsp3) is 0.190. The number of amides is 2. The lowest BCUT2D eigenvalue weighted by Gasteiger charge is -2.13. The van der Waals surface area contributed by atoms with E-state index in [4.69, 9.17) is 0 Å². The molecule has 132 valence electrons. The van der Waals surface area contributed by atoms with Crippen molar-refractivity contribution in [3.63, 3.8) is 0 Å². The molecule has 2 aromatic carbocycles. The van der Waals surface area contributed by atoms with E-state index >= 15 is 0 Å². The van der Waals surface area contributed by atoms with Gasteiger partial charge in [-0.25, -0.2) is 0 Å². The van der Waals surface area contributed by atoms with Crippen LogP contribution in [-0.2, 0) is 9.59 Å². The highest BCUT2D eigenvalue weighted by Crippen LogP contribution is 2.17. The number of anilines is 1. The van der Waals surface area contributed by atoms with Gasteiger partial charge in [-0.1, -0.05) is 55.0 Å². The number of rotatable bonds is 4. The summed E-state index contributed by atoms with van der Waals surface area (Å²) in [4.78, 5) is 28.4. The van der Waals surface area contributed by atoms with Crippen LogP contribution in [0.1, 0.15) is 24.0 Å². The summed E-state index contributed by atoms with van der Waals surface area (Å²) in [5.74, 6) is -1.23. The zero-order chi connectivity index (χ0) is 18.5. The summed E-state index contributed by atoms with van der Waals surface area (Å²) in [6.45, 7) is 4.44. The van der Waals surface area contributed by atoms with Crippen LogP contribution in [0.15, 0.2) is 60.8 Å². The van der Waals surface area contributed by atoms with Gasteiger partial charge in [0.25, 0.3) is 0 Å². The van der Waals surface area contributed by atoms with Crippen LogP contribution < -0.4 is 10.6 Å². The molecule has 0 saturated heterocycles. The molecule has 0 aliphatic carbocycles. The van der Waals surface area contributed by atoms with E-state index in [9.17, 15) is 9.59 Å². The molecule has 5 heteroatoms. The van der Waals surface area contributed by atoms with Crippen LogP contribution in [0.5, 0.6) is 0 Å². The summed E-state index contributed by atoms with van der Waals surface area (Å²) < 4.78 is 0. The van der Waals surface area contributed by atoms with Crippen LogP contribution >= 0.6 is 0 Å². The second kappa shape index (κ2) is 7.78. The predicted octanol–water partition coefficient (Wildman–Crippen LogP) is 3.40. The van der Waals surface area contributed by atoms with Crippen LogP contribution in [-0.4, -0.2) is 23.3 Å². The average Bonchev–Trinajstić information content (AvgIpc) is 2.65. The quantitative estimate of drug-likeness (QED) is 0.711. The van der Waals surface area contributed by atoms with Crippen molar-refractivity contribution in [2.45, 2.75) is 19.8 Å². The topological polar surface area (TPSA) is 71.1 Å². The van der Waals surface area contributed by atoms with Crippen molar-refractivity contribution < 1.29 is 9.59 Å². The van der Waals surface area contributed by atoms with E-state index in [1.165, 1.54) is 5.56 Å². The maximum absolute atomic E-state index is 12.1. The summed E-state index contributed by atoms with van der Waals surface area (Å²) >= 11 is 0. The summed E-state index contributed by atoms with van der Waals surface area (Å²) in [6.07, 6.45) is 1.54. The SMILES string of the molecule is Cc1cccc(C(C)CNC(=O)C(=O)Nc2cnc3ccccc3c2)c1. The van der Waals surface area contributed by atoms with E-state index in [0.29, 0.717) is 12.2 Å². The van der Waals surface area contributed by atoms with E-state index in [0.717, 1.165) is 16.5 Å². The average molecular weight is 347 g/mol. The molecule has 0 radical (unpaired) electrons. The second-order valence-electron chi connectivity index (χ2n) is 6.40. The molecule has 3 aromatic rings. The van der Waals surface area contributed by atoms with Crippen molar-refractivity contribution >= 4 is 28.4 Å². The van der Waals surface area contributed by atoms with Crippen molar-refractivity contribution in [1.82, 2.24) is 10.3 Å². The fourth-order valence-electron chi connectivity index (χ4n) is 2.75. The second-order valence-corrected chi connectivity index (χ2v) is 6.40. The summed E-state index contributed by atoms with van der Waals surface area (Å²) in [5, 5.41) is 6.18. The van der Waals surface area contributed by atoms with E-state index in [1.54, 1.807) is 12.3 Å². The lowest BCUT2D eigenvalue weighted by Crippen LogP contribution is -2.37. The molecule has 2 N–H and O–H groups in total. The minimum Gasteiger partial charge on any atom is -0.347 e. The van der Waals surface area contributed by atoms with E-state index in [1.807, 2.05) is 56.3 Å². The largest absolute Gasteiger partial charge is 0.347 e. The first-order valence-electron chi connectivity index (χ1n) is 8.53. The maximum atomic E-state index is 12.1.